The van der Waals surface area contributed by atoms with Crippen molar-refractivity contribution in [2.45, 2.75) is 32.6 Å². The lowest BCUT2D eigenvalue weighted by Gasteiger charge is -2.15. The molecule has 0 atom stereocenters. The van der Waals surface area contributed by atoms with E-state index >= 15 is 0 Å². The zero-order chi connectivity index (χ0) is 20.1. The lowest BCUT2D eigenvalue weighted by atomic mass is 10.1. The van der Waals surface area contributed by atoms with Gasteiger partial charge >= 0.3 is 0 Å². The maximum absolute atomic E-state index is 12.3. The molecule has 6 nitrogen and oxygen atoms in total. The lowest BCUT2D eigenvalue weighted by molar-refractivity contribution is -0.129. The highest BCUT2D eigenvalue weighted by Gasteiger charge is 2.17. The largest absolute Gasteiger partial charge is 0.342 e. The topological polar surface area (TPSA) is 71.0 Å². The number of benzene rings is 1. The molecule has 0 unspecified atom stereocenters. The Morgan fingerprint density at radius 3 is 2.45 bits per heavy atom. The van der Waals surface area contributed by atoms with Crippen LogP contribution in [-0.4, -0.2) is 38.8 Å². The highest BCUT2D eigenvalue weighted by atomic mass is 16.2. The van der Waals surface area contributed by atoms with Crippen molar-refractivity contribution in [1.29, 1.82) is 0 Å². The molecular formula is C23H25N5O. The Hall–Kier alpha value is -3.28. The number of likely N-dealkylation sites (tertiary alicyclic amines) is 1. The molecule has 1 N–H and O–H groups in total. The molecule has 0 radical (unpaired) electrons. The van der Waals surface area contributed by atoms with E-state index in [0.717, 1.165) is 60.7 Å². The van der Waals surface area contributed by atoms with Crippen molar-refractivity contribution in [3.63, 3.8) is 0 Å². The van der Waals surface area contributed by atoms with E-state index in [4.69, 9.17) is 0 Å². The minimum atomic E-state index is 0.216. The molecule has 1 aliphatic rings. The van der Waals surface area contributed by atoms with Gasteiger partial charge in [0, 0.05) is 48.5 Å². The van der Waals surface area contributed by atoms with Crippen molar-refractivity contribution in [2.75, 3.05) is 18.4 Å². The van der Waals surface area contributed by atoms with Crippen LogP contribution in [-0.2, 0) is 17.6 Å². The number of nitrogens with zero attached hydrogens (tertiary/aromatic N) is 4. The van der Waals surface area contributed by atoms with Gasteiger partial charge in [0.15, 0.2) is 5.82 Å². The fourth-order valence-corrected chi connectivity index (χ4v) is 3.48. The predicted molar refractivity (Wildman–Crippen MR) is 114 cm³/mol. The normalized spacial score (nSPS) is 13.5. The summed E-state index contributed by atoms with van der Waals surface area (Å²) >= 11 is 0. The van der Waals surface area contributed by atoms with E-state index in [0.29, 0.717) is 12.2 Å². The van der Waals surface area contributed by atoms with Gasteiger partial charge in [-0.2, -0.15) is 0 Å². The number of rotatable bonds is 6. The fourth-order valence-electron chi connectivity index (χ4n) is 3.48. The molecule has 2 aromatic heterocycles. The number of pyridine rings is 1. The molecule has 1 saturated heterocycles. The van der Waals surface area contributed by atoms with Crippen LogP contribution in [0.2, 0.25) is 0 Å². The van der Waals surface area contributed by atoms with Crippen LogP contribution in [0.3, 0.4) is 0 Å². The molecular weight excluding hydrogens is 362 g/mol. The molecule has 0 bridgehead atoms. The number of amides is 1. The van der Waals surface area contributed by atoms with E-state index < -0.39 is 0 Å². The first-order valence-electron chi connectivity index (χ1n) is 10.1. The zero-order valence-electron chi connectivity index (χ0n) is 16.6. The van der Waals surface area contributed by atoms with E-state index in [2.05, 4.69) is 27.2 Å². The Labute approximate surface area is 171 Å². The second-order valence-corrected chi connectivity index (χ2v) is 7.24. The van der Waals surface area contributed by atoms with Gasteiger partial charge in [-0.05, 0) is 49.1 Å². The van der Waals surface area contributed by atoms with Crippen molar-refractivity contribution in [2.24, 2.45) is 0 Å². The quantitative estimate of drug-likeness (QED) is 0.692. The Morgan fingerprint density at radius 2 is 1.76 bits per heavy atom. The molecule has 1 fully saturated rings. The van der Waals surface area contributed by atoms with Crippen LogP contribution >= 0.6 is 0 Å². The smallest absolute Gasteiger partial charge is 0.226 e. The van der Waals surface area contributed by atoms with Crippen molar-refractivity contribution in [1.82, 2.24) is 19.9 Å². The highest BCUT2D eigenvalue weighted by molar-refractivity contribution is 5.79. The van der Waals surface area contributed by atoms with Crippen molar-refractivity contribution < 1.29 is 4.79 Å². The van der Waals surface area contributed by atoms with Gasteiger partial charge in [-0.15, -0.1) is 0 Å². The summed E-state index contributed by atoms with van der Waals surface area (Å²) in [6.45, 7) is 3.87. The Balaban J connectivity index is 1.48. The predicted octanol–water partition coefficient (Wildman–Crippen LogP) is 4.01. The third kappa shape index (κ3) is 4.77. The monoisotopic (exact) mass is 387 g/mol. The average molecular weight is 387 g/mol. The van der Waals surface area contributed by atoms with Gasteiger partial charge in [-0.3, -0.25) is 9.78 Å². The molecule has 3 heterocycles. The van der Waals surface area contributed by atoms with Crippen LogP contribution in [0, 0.1) is 0 Å². The Kier molecular flexibility index (Phi) is 5.79. The number of anilines is 2. The summed E-state index contributed by atoms with van der Waals surface area (Å²) < 4.78 is 0. The van der Waals surface area contributed by atoms with Crippen LogP contribution < -0.4 is 5.32 Å². The number of hydrogen-bond donors (Lipinski definition) is 1. The summed E-state index contributed by atoms with van der Waals surface area (Å²) in [5.74, 6) is 1.65. The van der Waals surface area contributed by atoms with Crippen LogP contribution in [0.25, 0.3) is 11.4 Å². The second-order valence-electron chi connectivity index (χ2n) is 7.24. The van der Waals surface area contributed by atoms with Crippen molar-refractivity contribution >= 4 is 17.4 Å². The average Bonchev–Trinajstić information content (AvgIpc) is 3.31. The van der Waals surface area contributed by atoms with Gasteiger partial charge in [0.1, 0.15) is 5.82 Å². The van der Waals surface area contributed by atoms with Crippen molar-refractivity contribution in [3.8, 4) is 11.4 Å². The number of carbonyl (C=O) groups is 1. The van der Waals surface area contributed by atoms with Gasteiger partial charge in [-0.25, -0.2) is 9.97 Å². The molecule has 148 valence electrons. The molecule has 3 aromatic rings. The minimum Gasteiger partial charge on any atom is -0.342 e. The zero-order valence-corrected chi connectivity index (χ0v) is 16.6. The maximum atomic E-state index is 12.3. The molecule has 0 spiro atoms. The number of carbonyl (C=O) groups excluding carboxylic acids is 1. The second kappa shape index (κ2) is 8.82. The fraction of sp³-hybridized carbons (Fsp3) is 0.304. The van der Waals surface area contributed by atoms with Crippen LogP contribution in [0.5, 0.6) is 0 Å². The van der Waals surface area contributed by atoms with Gasteiger partial charge < -0.3 is 10.2 Å². The van der Waals surface area contributed by atoms with E-state index in [1.54, 1.807) is 12.4 Å². The summed E-state index contributed by atoms with van der Waals surface area (Å²) in [6, 6.07) is 13.8. The van der Waals surface area contributed by atoms with Crippen molar-refractivity contribution in [3.05, 3.63) is 66.1 Å². The van der Waals surface area contributed by atoms with Gasteiger partial charge in [0.2, 0.25) is 5.91 Å². The van der Waals surface area contributed by atoms with E-state index in [1.807, 2.05) is 47.4 Å². The van der Waals surface area contributed by atoms with Gasteiger partial charge in [0.25, 0.3) is 0 Å². The van der Waals surface area contributed by atoms with Gasteiger partial charge in [0.05, 0.1) is 6.42 Å². The van der Waals surface area contributed by atoms with E-state index in [9.17, 15) is 4.79 Å². The number of nitrogens with one attached hydrogen (secondary N) is 1. The first-order valence-corrected chi connectivity index (χ1v) is 10.1. The standard InChI is InChI=1S/C23H25N5O/c1-2-19-16-21(27-23(26-19)18-9-11-24-12-10-18)25-20-7-5-17(6-8-20)15-22(29)28-13-3-4-14-28/h5-12,16H,2-4,13-15H2,1H3,(H,25,26,27). The van der Waals surface area contributed by atoms with E-state index in [1.165, 1.54) is 0 Å². The molecule has 1 aliphatic heterocycles. The summed E-state index contributed by atoms with van der Waals surface area (Å²) in [5, 5.41) is 3.36. The maximum Gasteiger partial charge on any atom is 0.226 e. The molecule has 4 rings (SSSR count). The number of aromatic nitrogens is 3. The Bertz CT molecular complexity index is 966. The third-order valence-electron chi connectivity index (χ3n) is 5.12. The molecule has 29 heavy (non-hydrogen) atoms. The summed E-state index contributed by atoms with van der Waals surface area (Å²) in [7, 11) is 0. The van der Waals surface area contributed by atoms with Crippen LogP contribution in [0.15, 0.2) is 54.9 Å². The minimum absolute atomic E-state index is 0.216. The highest BCUT2D eigenvalue weighted by Crippen LogP contribution is 2.21. The summed E-state index contributed by atoms with van der Waals surface area (Å²) in [6.07, 6.45) is 7.01. The molecule has 1 aromatic carbocycles. The first-order chi connectivity index (χ1) is 14.2. The third-order valence-corrected chi connectivity index (χ3v) is 5.12. The molecule has 6 heteroatoms. The molecule has 1 amide bonds. The van der Waals surface area contributed by atoms with Crippen LogP contribution in [0.1, 0.15) is 31.0 Å². The number of hydrogen-bond acceptors (Lipinski definition) is 5. The SMILES string of the molecule is CCc1cc(Nc2ccc(CC(=O)N3CCCC3)cc2)nc(-c2ccncc2)n1. The van der Waals surface area contributed by atoms with E-state index in [-0.39, 0.29) is 5.91 Å². The summed E-state index contributed by atoms with van der Waals surface area (Å²) in [4.78, 5) is 27.6. The Morgan fingerprint density at radius 1 is 1.03 bits per heavy atom. The molecule has 0 aliphatic carbocycles. The van der Waals surface area contributed by atoms with Gasteiger partial charge in [-0.1, -0.05) is 19.1 Å². The molecule has 0 saturated carbocycles. The van der Waals surface area contributed by atoms with Crippen LogP contribution in [0.4, 0.5) is 11.5 Å². The lowest BCUT2D eigenvalue weighted by Crippen LogP contribution is -2.29. The summed E-state index contributed by atoms with van der Waals surface area (Å²) in [5.41, 5.74) is 3.88. The first kappa shape index (κ1) is 19.1. The number of aryl methyl sites for hydroxylation is 1.